The van der Waals surface area contributed by atoms with Gasteiger partial charge in [0, 0.05) is 30.7 Å². The van der Waals surface area contributed by atoms with Gasteiger partial charge < -0.3 is 5.32 Å². The molecular formula is C10H18ClN3. The number of aromatic nitrogens is 2. The summed E-state index contributed by atoms with van der Waals surface area (Å²) in [6.07, 6.45) is 3.97. The first-order chi connectivity index (χ1) is 6.76. The van der Waals surface area contributed by atoms with E-state index in [0.717, 1.165) is 19.6 Å². The second-order valence-corrected chi connectivity index (χ2v) is 3.90. The Kier molecular flexibility index (Phi) is 4.98. The Hall–Kier alpha value is -0.540. The third kappa shape index (κ3) is 3.68. The molecule has 14 heavy (non-hydrogen) atoms. The molecule has 1 atom stereocenters. The maximum atomic E-state index is 5.70. The van der Waals surface area contributed by atoms with Crippen LogP contribution in [0.2, 0.25) is 0 Å². The molecule has 1 N–H and O–H groups in total. The highest BCUT2D eigenvalue weighted by molar-refractivity contribution is 6.18. The third-order valence-corrected chi connectivity index (χ3v) is 2.62. The second kappa shape index (κ2) is 6.04. The highest BCUT2D eigenvalue weighted by atomic mass is 35.5. The van der Waals surface area contributed by atoms with Crippen molar-refractivity contribution in [3.8, 4) is 0 Å². The average Bonchev–Trinajstić information content (AvgIpc) is 2.65. The van der Waals surface area contributed by atoms with E-state index in [9.17, 15) is 0 Å². The molecule has 0 saturated carbocycles. The maximum Gasteiger partial charge on any atom is 0.0534 e. The quantitative estimate of drug-likeness (QED) is 0.735. The highest BCUT2D eigenvalue weighted by Crippen LogP contribution is 1.99. The summed E-state index contributed by atoms with van der Waals surface area (Å²) in [5.41, 5.74) is 1.23. The molecule has 0 aliphatic carbocycles. The molecule has 1 aromatic rings. The zero-order chi connectivity index (χ0) is 10.4. The van der Waals surface area contributed by atoms with Crippen molar-refractivity contribution in [3.05, 3.63) is 18.0 Å². The van der Waals surface area contributed by atoms with Gasteiger partial charge >= 0.3 is 0 Å². The Labute approximate surface area is 90.4 Å². The van der Waals surface area contributed by atoms with Crippen LogP contribution in [0, 0.1) is 5.92 Å². The molecule has 0 amide bonds. The molecule has 1 rings (SSSR count). The van der Waals surface area contributed by atoms with Gasteiger partial charge in [0.2, 0.25) is 0 Å². The van der Waals surface area contributed by atoms with Gasteiger partial charge in [-0.2, -0.15) is 5.10 Å². The minimum Gasteiger partial charge on any atom is -0.312 e. The van der Waals surface area contributed by atoms with Gasteiger partial charge in [-0.3, -0.25) is 4.68 Å². The summed E-state index contributed by atoms with van der Waals surface area (Å²) in [6.45, 7) is 6.98. The first kappa shape index (κ1) is 11.5. The minimum atomic E-state index is 0.526. The molecule has 0 saturated heterocycles. The van der Waals surface area contributed by atoms with Crippen molar-refractivity contribution < 1.29 is 0 Å². The summed E-state index contributed by atoms with van der Waals surface area (Å²) in [7, 11) is 0. The van der Waals surface area contributed by atoms with Crippen LogP contribution in [-0.2, 0) is 13.1 Å². The van der Waals surface area contributed by atoms with E-state index in [0.29, 0.717) is 11.8 Å². The minimum absolute atomic E-state index is 0.526. The Morgan fingerprint density at radius 3 is 3.00 bits per heavy atom. The monoisotopic (exact) mass is 215 g/mol. The van der Waals surface area contributed by atoms with Crippen molar-refractivity contribution >= 4 is 11.6 Å². The van der Waals surface area contributed by atoms with E-state index < -0.39 is 0 Å². The maximum absolute atomic E-state index is 5.70. The highest BCUT2D eigenvalue weighted by Gasteiger charge is 2.00. The summed E-state index contributed by atoms with van der Waals surface area (Å²) >= 11 is 5.70. The molecule has 0 aliphatic heterocycles. The van der Waals surface area contributed by atoms with Crippen molar-refractivity contribution in [2.75, 3.05) is 12.4 Å². The first-order valence-electron chi connectivity index (χ1n) is 5.04. The van der Waals surface area contributed by atoms with E-state index in [-0.39, 0.29) is 0 Å². The Bertz CT molecular complexity index is 260. The van der Waals surface area contributed by atoms with Gasteiger partial charge in [0.1, 0.15) is 0 Å². The predicted molar refractivity (Wildman–Crippen MR) is 59.5 cm³/mol. The lowest BCUT2D eigenvalue weighted by Gasteiger charge is -2.07. The van der Waals surface area contributed by atoms with Crippen LogP contribution >= 0.6 is 11.6 Å². The normalized spacial score (nSPS) is 13.1. The van der Waals surface area contributed by atoms with Crippen LogP contribution in [0.3, 0.4) is 0 Å². The molecule has 1 unspecified atom stereocenters. The van der Waals surface area contributed by atoms with Crippen LogP contribution in [0.25, 0.3) is 0 Å². The van der Waals surface area contributed by atoms with Crippen LogP contribution in [0.4, 0.5) is 0 Å². The predicted octanol–water partition coefficient (Wildman–Crippen LogP) is 1.87. The number of halogens is 1. The molecule has 0 radical (unpaired) electrons. The third-order valence-electron chi connectivity index (χ3n) is 2.10. The van der Waals surface area contributed by atoms with E-state index in [1.165, 1.54) is 5.56 Å². The van der Waals surface area contributed by atoms with Gasteiger partial charge in [0.05, 0.1) is 6.20 Å². The lowest BCUT2D eigenvalue weighted by Crippen LogP contribution is -2.21. The Morgan fingerprint density at radius 2 is 2.43 bits per heavy atom. The SMILES string of the molecule is CCn1cc(CNCC(C)CCl)cn1. The largest absolute Gasteiger partial charge is 0.312 e. The van der Waals surface area contributed by atoms with Gasteiger partial charge in [0.15, 0.2) is 0 Å². The van der Waals surface area contributed by atoms with Crippen LogP contribution in [0.1, 0.15) is 19.4 Å². The van der Waals surface area contributed by atoms with E-state index in [4.69, 9.17) is 11.6 Å². The molecule has 1 heterocycles. The van der Waals surface area contributed by atoms with E-state index in [1.807, 2.05) is 10.9 Å². The molecule has 0 aromatic carbocycles. The smallest absolute Gasteiger partial charge is 0.0534 e. The van der Waals surface area contributed by atoms with Crippen LogP contribution in [-0.4, -0.2) is 22.2 Å². The zero-order valence-corrected chi connectivity index (χ0v) is 9.59. The first-order valence-corrected chi connectivity index (χ1v) is 5.57. The van der Waals surface area contributed by atoms with Gasteiger partial charge in [-0.05, 0) is 19.4 Å². The number of aryl methyl sites for hydroxylation is 1. The Morgan fingerprint density at radius 1 is 1.64 bits per heavy atom. The molecule has 0 spiro atoms. The molecule has 4 heteroatoms. The lowest BCUT2D eigenvalue weighted by molar-refractivity contribution is 0.556. The van der Waals surface area contributed by atoms with E-state index >= 15 is 0 Å². The van der Waals surface area contributed by atoms with Crippen molar-refractivity contribution in [3.63, 3.8) is 0 Å². The van der Waals surface area contributed by atoms with Crippen LogP contribution in [0.5, 0.6) is 0 Å². The average molecular weight is 216 g/mol. The number of hydrogen-bond donors (Lipinski definition) is 1. The fourth-order valence-electron chi connectivity index (χ4n) is 1.19. The molecule has 80 valence electrons. The molecule has 0 bridgehead atoms. The van der Waals surface area contributed by atoms with Crippen molar-refractivity contribution in [2.24, 2.45) is 5.92 Å². The summed E-state index contributed by atoms with van der Waals surface area (Å²) < 4.78 is 1.93. The number of nitrogens with zero attached hydrogens (tertiary/aromatic N) is 2. The summed E-state index contributed by atoms with van der Waals surface area (Å²) in [4.78, 5) is 0. The van der Waals surface area contributed by atoms with E-state index in [2.05, 4.69) is 30.5 Å². The van der Waals surface area contributed by atoms with Crippen molar-refractivity contribution in [1.29, 1.82) is 0 Å². The fraction of sp³-hybridized carbons (Fsp3) is 0.700. The molecule has 3 nitrogen and oxygen atoms in total. The summed E-state index contributed by atoms with van der Waals surface area (Å²) in [5, 5.41) is 7.56. The topological polar surface area (TPSA) is 29.9 Å². The number of nitrogens with one attached hydrogen (secondary N) is 1. The molecule has 0 aliphatic rings. The van der Waals surface area contributed by atoms with Gasteiger partial charge in [-0.25, -0.2) is 0 Å². The van der Waals surface area contributed by atoms with Crippen molar-refractivity contribution in [1.82, 2.24) is 15.1 Å². The van der Waals surface area contributed by atoms with Crippen molar-refractivity contribution in [2.45, 2.75) is 26.9 Å². The zero-order valence-electron chi connectivity index (χ0n) is 8.83. The molecule has 1 aromatic heterocycles. The summed E-state index contributed by atoms with van der Waals surface area (Å²) in [6, 6.07) is 0. The summed E-state index contributed by atoms with van der Waals surface area (Å²) in [5.74, 6) is 1.24. The lowest BCUT2D eigenvalue weighted by atomic mass is 10.2. The number of rotatable bonds is 6. The van der Waals surface area contributed by atoms with Crippen LogP contribution in [0.15, 0.2) is 12.4 Å². The second-order valence-electron chi connectivity index (χ2n) is 3.59. The van der Waals surface area contributed by atoms with Gasteiger partial charge in [-0.1, -0.05) is 6.92 Å². The standard InChI is InChI=1S/C10H18ClN3/c1-3-14-8-10(7-13-14)6-12-5-9(2)4-11/h7-9,12H,3-6H2,1-2H3. The number of hydrogen-bond acceptors (Lipinski definition) is 2. The van der Waals surface area contributed by atoms with Gasteiger partial charge in [-0.15, -0.1) is 11.6 Å². The Balaban J connectivity index is 2.24. The molecule has 0 fully saturated rings. The number of alkyl halides is 1. The van der Waals surface area contributed by atoms with E-state index in [1.54, 1.807) is 0 Å². The van der Waals surface area contributed by atoms with Gasteiger partial charge in [0.25, 0.3) is 0 Å². The fourth-order valence-corrected chi connectivity index (χ4v) is 1.30. The van der Waals surface area contributed by atoms with Crippen LogP contribution < -0.4 is 5.32 Å². The molecular weight excluding hydrogens is 198 g/mol.